The van der Waals surface area contributed by atoms with Crippen LogP contribution >= 0.6 is 46.3 Å². The second-order valence-electron chi connectivity index (χ2n) is 6.38. The zero-order valence-corrected chi connectivity index (χ0v) is 18.8. The highest BCUT2D eigenvalue weighted by atomic mass is 35.5. The Balaban J connectivity index is 1.53. The molecule has 156 valence electrons. The molecular weight excluding hydrogens is 477 g/mol. The molecule has 3 aromatic carbocycles. The van der Waals surface area contributed by atoms with E-state index in [9.17, 15) is 15.2 Å². The molecule has 0 bridgehead atoms. The predicted molar refractivity (Wildman–Crippen MR) is 128 cm³/mol. The first-order valence-corrected chi connectivity index (χ1v) is 11.4. The Kier molecular flexibility index (Phi) is 6.43. The number of phenolic OH excluding ortho intramolecular Hbond substituents is 1. The minimum Gasteiger partial charge on any atom is -0.507 e. The molecule has 0 aliphatic rings. The Hall–Kier alpha value is -2.65. The van der Waals surface area contributed by atoms with Crippen molar-refractivity contribution in [3.05, 3.63) is 85.9 Å². The van der Waals surface area contributed by atoms with Crippen molar-refractivity contribution in [1.82, 2.24) is 4.98 Å². The van der Waals surface area contributed by atoms with E-state index in [1.807, 2.05) is 30.3 Å². The lowest BCUT2D eigenvalue weighted by molar-refractivity contribution is -0.384. The maximum Gasteiger partial charge on any atom is 0.270 e. The van der Waals surface area contributed by atoms with Gasteiger partial charge in [-0.25, -0.2) is 4.98 Å². The third-order valence-electron chi connectivity index (χ3n) is 4.33. The SMILES string of the molecule is O=[N+]([O-])c1ccc(O)c(C=Nc2ccc3nc(SCc4c(Cl)cccc4Cl)sc3c2)c1. The summed E-state index contributed by atoms with van der Waals surface area (Å²) in [6.07, 6.45) is 1.40. The first-order chi connectivity index (χ1) is 14.9. The van der Waals surface area contributed by atoms with Crippen LogP contribution in [0.2, 0.25) is 10.0 Å². The quantitative estimate of drug-likeness (QED) is 0.133. The minimum atomic E-state index is -0.519. The second kappa shape index (κ2) is 9.23. The van der Waals surface area contributed by atoms with Crippen molar-refractivity contribution in [2.24, 2.45) is 4.99 Å². The van der Waals surface area contributed by atoms with Crippen LogP contribution < -0.4 is 0 Å². The molecule has 4 rings (SSSR count). The van der Waals surface area contributed by atoms with E-state index in [2.05, 4.69) is 9.98 Å². The molecule has 0 amide bonds. The Bertz CT molecular complexity index is 1300. The van der Waals surface area contributed by atoms with E-state index in [4.69, 9.17) is 23.2 Å². The van der Waals surface area contributed by atoms with Crippen LogP contribution in [-0.4, -0.2) is 21.2 Å². The van der Waals surface area contributed by atoms with Crippen molar-refractivity contribution in [1.29, 1.82) is 0 Å². The van der Waals surface area contributed by atoms with Crippen molar-refractivity contribution >= 4 is 74.1 Å². The van der Waals surface area contributed by atoms with Gasteiger partial charge in [-0.05, 0) is 42.0 Å². The third kappa shape index (κ3) is 4.99. The van der Waals surface area contributed by atoms with E-state index < -0.39 is 4.92 Å². The van der Waals surface area contributed by atoms with E-state index in [0.717, 1.165) is 20.1 Å². The lowest BCUT2D eigenvalue weighted by Gasteiger charge is -2.04. The monoisotopic (exact) mass is 489 g/mol. The minimum absolute atomic E-state index is 0.0786. The number of halogens is 2. The number of fused-ring (bicyclic) bond motifs is 1. The topological polar surface area (TPSA) is 88.6 Å². The van der Waals surface area contributed by atoms with Gasteiger partial charge < -0.3 is 5.11 Å². The number of hydrogen-bond acceptors (Lipinski definition) is 7. The molecule has 0 aliphatic heterocycles. The number of nitro groups is 1. The summed E-state index contributed by atoms with van der Waals surface area (Å²) < 4.78 is 1.83. The van der Waals surface area contributed by atoms with E-state index in [-0.39, 0.29) is 17.0 Å². The van der Waals surface area contributed by atoms with Gasteiger partial charge in [0.1, 0.15) is 5.75 Å². The molecular formula is C21H13Cl2N3O3S2. The van der Waals surface area contributed by atoms with E-state index in [0.29, 0.717) is 21.5 Å². The van der Waals surface area contributed by atoms with Crippen molar-refractivity contribution < 1.29 is 10.0 Å². The van der Waals surface area contributed by atoms with Gasteiger partial charge in [-0.2, -0.15) is 0 Å². The number of rotatable bonds is 6. The molecule has 0 aliphatic carbocycles. The van der Waals surface area contributed by atoms with Crippen molar-refractivity contribution in [2.75, 3.05) is 0 Å². The molecule has 0 radical (unpaired) electrons. The molecule has 1 aromatic heterocycles. The number of thioether (sulfide) groups is 1. The summed E-state index contributed by atoms with van der Waals surface area (Å²) in [4.78, 5) is 19.4. The number of nitrogens with zero attached hydrogens (tertiary/aromatic N) is 3. The number of aromatic hydroxyl groups is 1. The number of thiazole rings is 1. The summed E-state index contributed by atoms with van der Waals surface area (Å²) in [5, 5.41) is 22.1. The predicted octanol–water partition coefficient (Wildman–Crippen LogP) is 7.26. The Morgan fingerprint density at radius 2 is 1.94 bits per heavy atom. The molecule has 4 aromatic rings. The number of benzene rings is 3. The fraction of sp³-hybridized carbons (Fsp3) is 0.0476. The van der Waals surface area contributed by atoms with Crippen LogP contribution in [0.15, 0.2) is 63.9 Å². The highest BCUT2D eigenvalue weighted by Gasteiger charge is 2.11. The van der Waals surface area contributed by atoms with Crippen molar-refractivity contribution in [3.8, 4) is 5.75 Å². The van der Waals surface area contributed by atoms with Crippen LogP contribution in [0.5, 0.6) is 5.75 Å². The first-order valence-electron chi connectivity index (χ1n) is 8.88. The molecule has 0 fully saturated rings. The molecule has 1 N–H and O–H groups in total. The van der Waals surface area contributed by atoms with Gasteiger partial charge in [0.2, 0.25) is 0 Å². The number of hydrogen-bond donors (Lipinski definition) is 1. The zero-order valence-electron chi connectivity index (χ0n) is 15.7. The van der Waals surface area contributed by atoms with Crippen LogP contribution in [0.25, 0.3) is 10.2 Å². The number of aliphatic imine (C=N–C) groups is 1. The smallest absolute Gasteiger partial charge is 0.270 e. The number of nitro benzene ring substituents is 1. The molecule has 10 heteroatoms. The average Bonchev–Trinajstić information content (AvgIpc) is 3.14. The zero-order chi connectivity index (χ0) is 22.0. The maximum atomic E-state index is 10.9. The summed E-state index contributed by atoms with van der Waals surface area (Å²) in [5.41, 5.74) is 2.52. The molecule has 0 saturated heterocycles. The average molecular weight is 490 g/mol. The summed E-state index contributed by atoms with van der Waals surface area (Å²) in [6, 6.07) is 14.8. The first kappa shape index (κ1) is 21.6. The van der Waals surface area contributed by atoms with E-state index in [1.165, 1.54) is 35.8 Å². The van der Waals surface area contributed by atoms with E-state index >= 15 is 0 Å². The van der Waals surface area contributed by atoms with Gasteiger partial charge in [0, 0.05) is 39.7 Å². The summed E-state index contributed by atoms with van der Waals surface area (Å²) in [5.74, 6) is 0.528. The van der Waals surface area contributed by atoms with Crippen LogP contribution in [0.3, 0.4) is 0 Å². The maximum absolute atomic E-state index is 10.9. The van der Waals surface area contributed by atoms with Gasteiger partial charge in [-0.15, -0.1) is 11.3 Å². The van der Waals surface area contributed by atoms with E-state index in [1.54, 1.807) is 17.8 Å². The standard InChI is InChI=1S/C21H13Cl2N3O3S2/c22-16-2-1-3-17(23)15(16)11-30-21-25-18-6-4-13(9-20(18)31-21)24-10-12-8-14(26(28)29)5-7-19(12)27/h1-10,27H,11H2. The molecule has 0 unspecified atom stereocenters. The van der Waals surface area contributed by atoms with Crippen LogP contribution in [-0.2, 0) is 5.75 Å². The van der Waals surface area contributed by atoms with Crippen LogP contribution in [0.1, 0.15) is 11.1 Å². The Morgan fingerprint density at radius 3 is 2.68 bits per heavy atom. The second-order valence-corrected chi connectivity index (χ2v) is 9.45. The fourth-order valence-electron chi connectivity index (χ4n) is 2.74. The Labute approximate surface area is 195 Å². The number of phenols is 1. The number of non-ortho nitro benzene ring substituents is 1. The van der Waals surface area contributed by atoms with Crippen LogP contribution in [0.4, 0.5) is 11.4 Å². The van der Waals surface area contributed by atoms with Crippen LogP contribution in [0, 0.1) is 10.1 Å². The normalized spacial score (nSPS) is 11.4. The third-order valence-corrected chi connectivity index (χ3v) is 7.22. The molecule has 0 atom stereocenters. The lowest BCUT2D eigenvalue weighted by atomic mass is 10.2. The molecule has 31 heavy (non-hydrogen) atoms. The molecule has 0 saturated carbocycles. The molecule has 1 heterocycles. The Morgan fingerprint density at radius 1 is 1.16 bits per heavy atom. The van der Waals surface area contributed by atoms with Gasteiger partial charge in [-0.1, -0.05) is 41.0 Å². The fourth-order valence-corrected chi connectivity index (χ4v) is 5.58. The summed E-state index contributed by atoms with van der Waals surface area (Å²) in [6.45, 7) is 0. The number of aromatic nitrogens is 1. The summed E-state index contributed by atoms with van der Waals surface area (Å²) >= 11 is 15.5. The van der Waals surface area contributed by atoms with Gasteiger partial charge in [0.05, 0.1) is 20.8 Å². The van der Waals surface area contributed by atoms with Gasteiger partial charge in [0.15, 0.2) is 4.34 Å². The van der Waals surface area contributed by atoms with Crippen molar-refractivity contribution in [3.63, 3.8) is 0 Å². The van der Waals surface area contributed by atoms with Gasteiger partial charge in [-0.3, -0.25) is 15.1 Å². The largest absolute Gasteiger partial charge is 0.507 e. The summed E-state index contributed by atoms with van der Waals surface area (Å²) in [7, 11) is 0. The highest BCUT2D eigenvalue weighted by Crippen LogP contribution is 2.36. The lowest BCUT2D eigenvalue weighted by Crippen LogP contribution is -1.90. The molecule has 0 spiro atoms. The van der Waals surface area contributed by atoms with Crippen molar-refractivity contribution in [2.45, 2.75) is 10.1 Å². The highest BCUT2D eigenvalue weighted by molar-refractivity contribution is 8.00. The van der Waals surface area contributed by atoms with Gasteiger partial charge >= 0.3 is 0 Å². The molecule has 6 nitrogen and oxygen atoms in total. The van der Waals surface area contributed by atoms with Gasteiger partial charge in [0.25, 0.3) is 5.69 Å².